The summed E-state index contributed by atoms with van der Waals surface area (Å²) in [5.41, 5.74) is 8.28. The molecule has 0 fully saturated rings. The van der Waals surface area contributed by atoms with Crippen molar-refractivity contribution in [3.05, 3.63) is 45.4 Å². The second-order valence-corrected chi connectivity index (χ2v) is 6.30. The Hall–Kier alpha value is -2.68. The van der Waals surface area contributed by atoms with E-state index in [1.54, 1.807) is 12.1 Å². The topological polar surface area (TPSA) is 113 Å². The molecule has 8 nitrogen and oxygen atoms in total. The van der Waals surface area contributed by atoms with Gasteiger partial charge in [0.15, 0.2) is 11.5 Å². The molecule has 0 aliphatic heterocycles. The third kappa shape index (κ3) is 2.67. The summed E-state index contributed by atoms with van der Waals surface area (Å²) in [6.07, 6.45) is 0. The van der Waals surface area contributed by atoms with E-state index in [-0.39, 0.29) is 17.3 Å². The van der Waals surface area contributed by atoms with Crippen LogP contribution in [0.3, 0.4) is 0 Å². The zero-order chi connectivity index (χ0) is 17.4. The Morgan fingerprint density at radius 1 is 1.33 bits per heavy atom. The third-order valence-corrected chi connectivity index (χ3v) is 4.24. The van der Waals surface area contributed by atoms with E-state index in [0.717, 1.165) is 15.6 Å². The quantitative estimate of drug-likeness (QED) is 0.726. The van der Waals surface area contributed by atoms with E-state index in [9.17, 15) is 4.79 Å². The van der Waals surface area contributed by atoms with Crippen LogP contribution in [0.2, 0.25) is 0 Å². The summed E-state index contributed by atoms with van der Waals surface area (Å²) in [5.74, 6) is -0.251. The Labute approximate surface area is 145 Å². The molecule has 0 saturated heterocycles. The van der Waals surface area contributed by atoms with Gasteiger partial charge in [-0.05, 0) is 39.5 Å². The molecule has 0 aliphatic rings. The van der Waals surface area contributed by atoms with Crippen molar-refractivity contribution in [2.75, 3.05) is 5.73 Å². The lowest BCUT2D eigenvalue weighted by atomic mass is 9.97. The fraction of sp³-hybridized carbons (Fsp3) is 0.200. The van der Waals surface area contributed by atoms with Crippen molar-refractivity contribution in [3.8, 4) is 17.2 Å². The van der Waals surface area contributed by atoms with E-state index in [2.05, 4.69) is 56.5 Å². The number of anilines is 1. The fourth-order valence-corrected chi connectivity index (χ4v) is 2.81. The Morgan fingerprint density at radius 2 is 2.08 bits per heavy atom. The molecule has 0 atom stereocenters. The molecular formula is C15H14BrN5O3. The molecule has 9 heteroatoms. The lowest BCUT2D eigenvalue weighted by Crippen LogP contribution is -2.14. The Kier molecular flexibility index (Phi) is 4.10. The van der Waals surface area contributed by atoms with Crippen LogP contribution in [-0.2, 0) is 0 Å². The van der Waals surface area contributed by atoms with Gasteiger partial charge in [-0.25, -0.2) is 14.0 Å². The first-order valence-electron chi connectivity index (χ1n) is 7.06. The lowest BCUT2D eigenvalue weighted by molar-refractivity contribution is 0.310. The van der Waals surface area contributed by atoms with Gasteiger partial charge in [-0.2, -0.15) is 0 Å². The van der Waals surface area contributed by atoms with Crippen LogP contribution < -0.4 is 11.5 Å². The first-order chi connectivity index (χ1) is 11.4. The molecule has 3 aromatic rings. The van der Waals surface area contributed by atoms with E-state index in [4.69, 9.17) is 10.3 Å². The van der Waals surface area contributed by atoms with E-state index < -0.39 is 5.76 Å². The maximum absolute atomic E-state index is 12.1. The third-order valence-electron chi connectivity index (χ3n) is 3.58. The molecule has 2 heterocycles. The average molecular weight is 392 g/mol. The standard InChI is InChI=1S/C15H14BrN5O3/c1-7(2)8(3)10-5-4-9(6-11(10)16)21-14(20-23-15(21)22)12-13(17)19-24-18-12/h4-7H,3H2,1-2H3,(H2,17,19). The summed E-state index contributed by atoms with van der Waals surface area (Å²) >= 11 is 3.52. The molecule has 0 amide bonds. The van der Waals surface area contributed by atoms with Gasteiger partial charge in [-0.3, -0.25) is 4.52 Å². The summed E-state index contributed by atoms with van der Waals surface area (Å²) in [4.78, 5) is 12.1. The molecular weight excluding hydrogens is 378 g/mol. The van der Waals surface area contributed by atoms with Gasteiger partial charge in [-0.15, -0.1) is 0 Å². The summed E-state index contributed by atoms with van der Waals surface area (Å²) in [6, 6.07) is 5.41. The predicted octanol–water partition coefficient (Wildman–Crippen LogP) is 2.89. The number of nitrogens with zero attached hydrogens (tertiary/aromatic N) is 4. The highest BCUT2D eigenvalue weighted by Gasteiger charge is 2.21. The van der Waals surface area contributed by atoms with Crippen LogP contribution in [0.1, 0.15) is 19.4 Å². The largest absolute Gasteiger partial charge is 0.446 e. The van der Waals surface area contributed by atoms with Crippen LogP contribution >= 0.6 is 15.9 Å². The molecule has 2 aromatic heterocycles. The number of nitrogen functional groups attached to an aromatic ring is 1. The minimum absolute atomic E-state index is 0.0147. The smallest absolute Gasteiger partial charge is 0.379 e. The van der Waals surface area contributed by atoms with Gasteiger partial charge >= 0.3 is 5.76 Å². The monoisotopic (exact) mass is 391 g/mol. The Balaban J connectivity index is 2.13. The van der Waals surface area contributed by atoms with Gasteiger partial charge in [0.25, 0.3) is 0 Å². The van der Waals surface area contributed by atoms with Crippen molar-refractivity contribution in [3.63, 3.8) is 0 Å². The van der Waals surface area contributed by atoms with Crippen LogP contribution in [0.5, 0.6) is 0 Å². The molecule has 0 spiro atoms. The predicted molar refractivity (Wildman–Crippen MR) is 91.4 cm³/mol. The molecule has 124 valence electrons. The highest BCUT2D eigenvalue weighted by Crippen LogP contribution is 2.31. The van der Waals surface area contributed by atoms with Crippen LogP contribution in [-0.4, -0.2) is 20.0 Å². The molecule has 0 aliphatic carbocycles. The van der Waals surface area contributed by atoms with Crippen molar-refractivity contribution in [2.24, 2.45) is 5.92 Å². The summed E-state index contributed by atoms with van der Waals surface area (Å²) < 4.78 is 11.3. The Morgan fingerprint density at radius 3 is 2.67 bits per heavy atom. The van der Waals surface area contributed by atoms with Crippen LogP contribution in [0.25, 0.3) is 22.8 Å². The number of allylic oxidation sites excluding steroid dienone is 1. The molecule has 24 heavy (non-hydrogen) atoms. The number of hydrogen-bond acceptors (Lipinski definition) is 7. The first-order valence-corrected chi connectivity index (χ1v) is 7.85. The van der Waals surface area contributed by atoms with E-state index in [1.165, 1.54) is 4.57 Å². The molecule has 0 saturated carbocycles. The minimum atomic E-state index is -0.672. The zero-order valence-corrected chi connectivity index (χ0v) is 14.6. The number of benzene rings is 1. The molecule has 0 radical (unpaired) electrons. The average Bonchev–Trinajstić information content (AvgIpc) is 3.11. The summed E-state index contributed by atoms with van der Waals surface area (Å²) in [7, 11) is 0. The molecule has 2 N–H and O–H groups in total. The maximum atomic E-state index is 12.1. The van der Waals surface area contributed by atoms with Gasteiger partial charge in [0.2, 0.25) is 5.82 Å². The number of nitrogens with two attached hydrogens (primary N) is 1. The molecule has 0 unspecified atom stereocenters. The van der Waals surface area contributed by atoms with Crippen molar-refractivity contribution in [1.29, 1.82) is 0 Å². The number of halogens is 1. The zero-order valence-electron chi connectivity index (χ0n) is 13.0. The van der Waals surface area contributed by atoms with Gasteiger partial charge in [0, 0.05) is 4.47 Å². The van der Waals surface area contributed by atoms with Crippen LogP contribution in [0.4, 0.5) is 5.82 Å². The van der Waals surface area contributed by atoms with E-state index >= 15 is 0 Å². The highest BCUT2D eigenvalue weighted by molar-refractivity contribution is 9.10. The summed E-state index contributed by atoms with van der Waals surface area (Å²) in [5, 5.41) is 10.9. The van der Waals surface area contributed by atoms with E-state index in [1.807, 2.05) is 6.07 Å². The number of aromatic nitrogens is 4. The normalized spacial score (nSPS) is 11.2. The fourth-order valence-electron chi connectivity index (χ4n) is 2.19. The van der Waals surface area contributed by atoms with Crippen molar-refractivity contribution in [1.82, 2.24) is 20.0 Å². The van der Waals surface area contributed by atoms with Gasteiger partial charge in [-0.1, -0.05) is 47.6 Å². The first kappa shape index (κ1) is 16.2. The van der Waals surface area contributed by atoms with Crippen molar-refractivity contribution >= 4 is 27.3 Å². The SMILES string of the molecule is C=C(c1ccc(-n2c(-c3nonc3N)noc2=O)cc1Br)C(C)C. The number of hydrogen-bond donors (Lipinski definition) is 1. The lowest BCUT2D eigenvalue weighted by Gasteiger charge is -2.13. The van der Waals surface area contributed by atoms with Crippen molar-refractivity contribution in [2.45, 2.75) is 13.8 Å². The van der Waals surface area contributed by atoms with Gasteiger partial charge < -0.3 is 5.73 Å². The highest BCUT2D eigenvalue weighted by atomic mass is 79.9. The molecule has 3 rings (SSSR count). The van der Waals surface area contributed by atoms with Gasteiger partial charge in [0.1, 0.15) is 0 Å². The summed E-state index contributed by atoms with van der Waals surface area (Å²) in [6.45, 7) is 8.21. The van der Waals surface area contributed by atoms with Crippen LogP contribution in [0, 0.1) is 5.92 Å². The molecule has 1 aromatic carbocycles. The maximum Gasteiger partial charge on any atom is 0.446 e. The van der Waals surface area contributed by atoms with Crippen LogP contribution in [0.15, 0.2) is 43.2 Å². The van der Waals surface area contributed by atoms with Crippen molar-refractivity contribution < 1.29 is 9.15 Å². The second-order valence-electron chi connectivity index (χ2n) is 5.45. The second kappa shape index (κ2) is 6.08. The van der Waals surface area contributed by atoms with E-state index in [0.29, 0.717) is 11.6 Å². The molecule has 0 bridgehead atoms. The van der Waals surface area contributed by atoms with Gasteiger partial charge in [0.05, 0.1) is 5.69 Å². The minimum Gasteiger partial charge on any atom is -0.379 e. The number of rotatable bonds is 4. The Bertz CT molecular complexity index is 970.